The van der Waals surface area contributed by atoms with Crippen LogP contribution < -0.4 is 0 Å². The van der Waals surface area contributed by atoms with Crippen molar-refractivity contribution in [2.45, 2.75) is 13.8 Å². The lowest BCUT2D eigenvalue weighted by molar-refractivity contribution is 1.46. The normalized spacial score (nSPS) is 10.9. The molecular weight excluding hydrogens is 192 g/mol. The van der Waals surface area contributed by atoms with Crippen molar-refractivity contribution in [3.63, 3.8) is 0 Å². The highest BCUT2D eigenvalue weighted by atomic mass is 14.0. The maximum Gasteiger partial charge on any atom is -0.0155 e. The van der Waals surface area contributed by atoms with E-state index in [1.807, 2.05) is 6.92 Å². The highest BCUT2D eigenvalue weighted by molar-refractivity contribution is 5.68. The predicted molar refractivity (Wildman–Crippen MR) is 71.3 cm³/mol. The van der Waals surface area contributed by atoms with Gasteiger partial charge in [0, 0.05) is 0 Å². The molecule has 0 N–H and O–H groups in total. The van der Waals surface area contributed by atoms with Crippen LogP contribution in [0.15, 0.2) is 54.6 Å². The maximum atomic E-state index is 2.18. The first-order valence-corrected chi connectivity index (χ1v) is 5.60. The standard InChI is InChI=1S/C16H16/c1-3-6-14-9-11-15(12-10-14)16-8-5-4-7-13(16)2/h3-12H,1-2H3/b6-3-. The zero-order valence-electron chi connectivity index (χ0n) is 9.77. The summed E-state index contributed by atoms with van der Waals surface area (Å²) in [5.41, 5.74) is 5.17. The van der Waals surface area contributed by atoms with Gasteiger partial charge in [-0.05, 0) is 36.1 Å². The molecule has 0 saturated heterocycles. The number of hydrogen-bond acceptors (Lipinski definition) is 0. The molecule has 0 saturated carbocycles. The van der Waals surface area contributed by atoms with Gasteiger partial charge in [-0.3, -0.25) is 0 Å². The average Bonchev–Trinajstić information content (AvgIpc) is 2.31. The molecule has 0 aliphatic rings. The average molecular weight is 208 g/mol. The second-order valence-electron chi connectivity index (χ2n) is 3.94. The van der Waals surface area contributed by atoms with Crippen molar-refractivity contribution < 1.29 is 0 Å². The Morgan fingerprint density at radius 2 is 1.56 bits per heavy atom. The van der Waals surface area contributed by atoms with Gasteiger partial charge in [0.25, 0.3) is 0 Å². The van der Waals surface area contributed by atoms with Crippen LogP contribution in [-0.4, -0.2) is 0 Å². The van der Waals surface area contributed by atoms with Crippen LogP contribution in [0.3, 0.4) is 0 Å². The van der Waals surface area contributed by atoms with Crippen molar-refractivity contribution in [3.05, 3.63) is 65.7 Å². The SMILES string of the molecule is C/C=C\c1ccc(-c2ccccc2C)cc1. The van der Waals surface area contributed by atoms with E-state index in [-0.39, 0.29) is 0 Å². The molecule has 0 aliphatic carbocycles. The Balaban J connectivity index is 2.39. The minimum Gasteiger partial charge on any atom is -0.0871 e. The largest absolute Gasteiger partial charge is 0.0871 e. The lowest BCUT2D eigenvalue weighted by Gasteiger charge is -2.05. The van der Waals surface area contributed by atoms with Gasteiger partial charge >= 0.3 is 0 Å². The van der Waals surface area contributed by atoms with Gasteiger partial charge < -0.3 is 0 Å². The molecule has 80 valence electrons. The quantitative estimate of drug-likeness (QED) is 0.671. The van der Waals surface area contributed by atoms with Gasteiger partial charge in [-0.2, -0.15) is 0 Å². The number of benzene rings is 2. The smallest absolute Gasteiger partial charge is 0.0155 e. The van der Waals surface area contributed by atoms with Crippen LogP contribution in [0.1, 0.15) is 18.1 Å². The first kappa shape index (κ1) is 10.7. The summed E-state index contributed by atoms with van der Waals surface area (Å²) in [6, 6.07) is 17.1. The van der Waals surface area contributed by atoms with E-state index >= 15 is 0 Å². The van der Waals surface area contributed by atoms with E-state index in [0.29, 0.717) is 0 Å². The topological polar surface area (TPSA) is 0 Å². The molecule has 0 radical (unpaired) electrons. The van der Waals surface area contributed by atoms with Crippen molar-refractivity contribution in [1.29, 1.82) is 0 Å². The molecule has 0 unspecified atom stereocenters. The van der Waals surface area contributed by atoms with Crippen LogP contribution in [0.5, 0.6) is 0 Å². The second-order valence-corrected chi connectivity index (χ2v) is 3.94. The molecule has 0 aliphatic heterocycles. The molecule has 0 heteroatoms. The highest BCUT2D eigenvalue weighted by Gasteiger charge is 1.99. The lowest BCUT2D eigenvalue weighted by Crippen LogP contribution is -1.82. The molecular formula is C16H16. The van der Waals surface area contributed by atoms with Crippen LogP contribution in [0, 0.1) is 6.92 Å². The fourth-order valence-electron chi connectivity index (χ4n) is 1.86. The summed E-state index contributed by atoms with van der Waals surface area (Å²) < 4.78 is 0. The Hall–Kier alpha value is -1.82. The molecule has 0 nitrogen and oxygen atoms in total. The summed E-state index contributed by atoms with van der Waals surface area (Å²) in [6.45, 7) is 4.18. The molecule has 0 bridgehead atoms. The van der Waals surface area contributed by atoms with Gasteiger partial charge in [-0.1, -0.05) is 60.7 Å². The summed E-state index contributed by atoms with van der Waals surface area (Å²) in [5, 5.41) is 0. The third-order valence-corrected chi connectivity index (χ3v) is 2.73. The van der Waals surface area contributed by atoms with Crippen molar-refractivity contribution in [3.8, 4) is 11.1 Å². The molecule has 2 aromatic carbocycles. The summed E-state index contributed by atoms with van der Waals surface area (Å²) in [7, 11) is 0. The Bertz CT molecular complexity index is 490. The Kier molecular flexibility index (Phi) is 3.21. The lowest BCUT2D eigenvalue weighted by atomic mass is 9.99. The second kappa shape index (κ2) is 4.80. The Labute approximate surface area is 97.3 Å². The van der Waals surface area contributed by atoms with Crippen LogP contribution in [0.4, 0.5) is 0 Å². The number of aryl methyl sites for hydroxylation is 1. The van der Waals surface area contributed by atoms with Gasteiger partial charge in [0.05, 0.1) is 0 Å². The van der Waals surface area contributed by atoms with E-state index in [4.69, 9.17) is 0 Å². The highest BCUT2D eigenvalue weighted by Crippen LogP contribution is 2.23. The van der Waals surface area contributed by atoms with E-state index in [2.05, 4.69) is 67.6 Å². The van der Waals surface area contributed by atoms with Crippen LogP contribution in [-0.2, 0) is 0 Å². The van der Waals surface area contributed by atoms with E-state index in [0.717, 1.165) is 0 Å². The van der Waals surface area contributed by atoms with Gasteiger partial charge in [0.15, 0.2) is 0 Å². The Morgan fingerprint density at radius 3 is 2.19 bits per heavy atom. The molecule has 0 aromatic heterocycles. The fourth-order valence-corrected chi connectivity index (χ4v) is 1.86. The van der Waals surface area contributed by atoms with Gasteiger partial charge in [0.2, 0.25) is 0 Å². The predicted octanol–water partition coefficient (Wildman–Crippen LogP) is 4.70. The summed E-state index contributed by atoms with van der Waals surface area (Å²) in [5.74, 6) is 0. The van der Waals surface area contributed by atoms with Gasteiger partial charge in [-0.15, -0.1) is 0 Å². The van der Waals surface area contributed by atoms with Crippen LogP contribution in [0.2, 0.25) is 0 Å². The first-order valence-electron chi connectivity index (χ1n) is 5.60. The van der Waals surface area contributed by atoms with E-state index in [1.54, 1.807) is 0 Å². The van der Waals surface area contributed by atoms with E-state index in [1.165, 1.54) is 22.3 Å². The van der Waals surface area contributed by atoms with Crippen molar-refractivity contribution in [2.75, 3.05) is 0 Å². The van der Waals surface area contributed by atoms with Crippen LogP contribution in [0.25, 0.3) is 17.2 Å². The first-order chi connectivity index (χ1) is 7.81. The summed E-state index contributed by atoms with van der Waals surface area (Å²) >= 11 is 0. The van der Waals surface area contributed by atoms with Crippen molar-refractivity contribution in [1.82, 2.24) is 0 Å². The minimum atomic E-state index is 1.25. The number of hydrogen-bond donors (Lipinski definition) is 0. The monoisotopic (exact) mass is 208 g/mol. The third kappa shape index (κ3) is 2.22. The molecule has 0 heterocycles. The Morgan fingerprint density at radius 1 is 0.875 bits per heavy atom. The third-order valence-electron chi connectivity index (χ3n) is 2.73. The molecule has 0 atom stereocenters. The van der Waals surface area contributed by atoms with E-state index < -0.39 is 0 Å². The fraction of sp³-hybridized carbons (Fsp3) is 0.125. The molecule has 0 amide bonds. The maximum absolute atomic E-state index is 2.18. The van der Waals surface area contributed by atoms with Crippen LogP contribution >= 0.6 is 0 Å². The van der Waals surface area contributed by atoms with E-state index in [9.17, 15) is 0 Å². The molecule has 2 aromatic rings. The molecule has 0 fully saturated rings. The number of rotatable bonds is 2. The minimum absolute atomic E-state index is 1.25. The van der Waals surface area contributed by atoms with Gasteiger partial charge in [0.1, 0.15) is 0 Å². The summed E-state index contributed by atoms with van der Waals surface area (Å²) in [6.07, 6.45) is 4.17. The van der Waals surface area contributed by atoms with Crippen molar-refractivity contribution >= 4 is 6.08 Å². The molecule has 0 spiro atoms. The zero-order valence-corrected chi connectivity index (χ0v) is 9.77. The number of allylic oxidation sites excluding steroid dienone is 1. The van der Waals surface area contributed by atoms with Gasteiger partial charge in [-0.25, -0.2) is 0 Å². The zero-order chi connectivity index (χ0) is 11.4. The summed E-state index contributed by atoms with van der Waals surface area (Å²) in [4.78, 5) is 0. The van der Waals surface area contributed by atoms with Crippen molar-refractivity contribution in [2.24, 2.45) is 0 Å². The molecule has 16 heavy (non-hydrogen) atoms. The molecule has 2 rings (SSSR count).